The van der Waals surface area contributed by atoms with Crippen LogP contribution in [-0.4, -0.2) is 27.0 Å². The maximum absolute atomic E-state index is 11.4. The summed E-state index contributed by atoms with van der Waals surface area (Å²) in [5, 5.41) is -0.191. The minimum atomic E-state index is -3.18. The van der Waals surface area contributed by atoms with Crippen LogP contribution < -0.4 is 10.5 Å². The summed E-state index contributed by atoms with van der Waals surface area (Å²) in [6, 6.07) is 4.41. The molecule has 0 bridgehead atoms. The summed E-state index contributed by atoms with van der Waals surface area (Å²) in [5.74, 6) is 0.486. The van der Waals surface area contributed by atoms with Gasteiger partial charge in [0.15, 0.2) is 9.84 Å². The van der Waals surface area contributed by atoms with Gasteiger partial charge in [-0.25, -0.2) is 8.42 Å². The zero-order chi connectivity index (χ0) is 13.2. The average molecular weight is 278 g/mol. The molecule has 0 aromatic heterocycles. The van der Waals surface area contributed by atoms with Gasteiger partial charge < -0.3 is 10.5 Å². The van der Waals surface area contributed by atoms with Crippen molar-refractivity contribution in [3.8, 4) is 5.75 Å². The lowest BCUT2D eigenvalue weighted by Crippen LogP contribution is -2.30. The highest BCUT2D eigenvalue weighted by Gasteiger charge is 2.24. The number of rotatable bonds is 4. The number of hydrogen-bond acceptors (Lipinski definition) is 4. The normalized spacial score (nSPS) is 15.4. The van der Waals surface area contributed by atoms with E-state index < -0.39 is 21.1 Å². The number of ether oxygens (including phenoxy) is 1. The zero-order valence-corrected chi connectivity index (χ0v) is 11.5. The van der Waals surface area contributed by atoms with Crippen LogP contribution in [-0.2, 0) is 9.84 Å². The predicted octanol–water partition coefficient (Wildman–Crippen LogP) is 1.78. The first-order valence-corrected chi connectivity index (χ1v) is 7.38. The van der Waals surface area contributed by atoms with E-state index in [1.165, 1.54) is 13.4 Å². The van der Waals surface area contributed by atoms with Gasteiger partial charge in [0.05, 0.1) is 17.4 Å². The van der Waals surface area contributed by atoms with Crippen LogP contribution >= 0.6 is 11.6 Å². The monoisotopic (exact) mass is 277 g/mol. The van der Waals surface area contributed by atoms with Crippen molar-refractivity contribution in [3.63, 3.8) is 0 Å². The van der Waals surface area contributed by atoms with E-state index in [0.29, 0.717) is 16.3 Å². The molecule has 0 saturated carbocycles. The molecular formula is C11H16ClNO3S. The van der Waals surface area contributed by atoms with Gasteiger partial charge in [0.1, 0.15) is 5.75 Å². The smallest absolute Gasteiger partial charge is 0.151 e. The molecule has 0 aliphatic heterocycles. The van der Waals surface area contributed by atoms with Crippen LogP contribution in [0.4, 0.5) is 0 Å². The lowest BCUT2D eigenvalue weighted by atomic mass is 10.1. The lowest BCUT2D eigenvalue weighted by molar-refractivity contribution is 0.414. The third-order valence-corrected chi connectivity index (χ3v) is 4.70. The molecule has 2 atom stereocenters. The van der Waals surface area contributed by atoms with Crippen LogP contribution in [0.5, 0.6) is 5.75 Å². The zero-order valence-electron chi connectivity index (χ0n) is 9.98. The third kappa shape index (κ3) is 3.34. The number of halogens is 1. The molecule has 0 fully saturated rings. The Balaban J connectivity index is 3.09. The minimum Gasteiger partial charge on any atom is -0.495 e. The van der Waals surface area contributed by atoms with E-state index >= 15 is 0 Å². The standard InChI is InChI=1S/C11H16ClNO3S/c1-7(17(3,14)15)11(13)8-4-5-9(12)10(6-8)16-2/h4-7,11H,13H2,1-3H3. The van der Waals surface area contributed by atoms with Gasteiger partial charge in [0.2, 0.25) is 0 Å². The van der Waals surface area contributed by atoms with Crippen LogP contribution in [0.25, 0.3) is 0 Å². The van der Waals surface area contributed by atoms with Gasteiger partial charge in [-0.15, -0.1) is 0 Å². The van der Waals surface area contributed by atoms with Crippen molar-refractivity contribution in [2.24, 2.45) is 5.73 Å². The Morgan fingerprint density at radius 3 is 2.47 bits per heavy atom. The van der Waals surface area contributed by atoms with Crippen LogP contribution in [0.2, 0.25) is 5.02 Å². The molecule has 1 aromatic rings. The predicted molar refractivity (Wildman–Crippen MR) is 69.2 cm³/mol. The van der Waals surface area contributed by atoms with Gasteiger partial charge in [-0.3, -0.25) is 0 Å². The lowest BCUT2D eigenvalue weighted by Gasteiger charge is -2.19. The van der Waals surface area contributed by atoms with Crippen molar-refractivity contribution in [3.05, 3.63) is 28.8 Å². The van der Waals surface area contributed by atoms with Crippen LogP contribution in [0.3, 0.4) is 0 Å². The second-order valence-corrected chi connectivity index (χ2v) is 6.76. The Labute approximate surface area is 107 Å². The molecule has 1 rings (SSSR count). The molecule has 0 amide bonds. The van der Waals surface area contributed by atoms with Gasteiger partial charge in [-0.2, -0.15) is 0 Å². The van der Waals surface area contributed by atoms with E-state index in [1.54, 1.807) is 25.1 Å². The number of nitrogens with two attached hydrogens (primary N) is 1. The molecule has 0 aliphatic rings. The summed E-state index contributed by atoms with van der Waals surface area (Å²) in [4.78, 5) is 0. The molecule has 17 heavy (non-hydrogen) atoms. The first-order valence-electron chi connectivity index (χ1n) is 5.05. The highest BCUT2D eigenvalue weighted by atomic mass is 35.5. The minimum absolute atomic E-state index is 0.468. The average Bonchev–Trinajstić information content (AvgIpc) is 2.26. The van der Waals surface area contributed by atoms with E-state index in [1.807, 2.05) is 0 Å². The largest absolute Gasteiger partial charge is 0.495 e. The highest BCUT2D eigenvalue weighted by molar-refractivity contribution is 7.91. The van der Waals surface area contributed by atoms with Gasteiger partial charge >= 0.3 is 0 Å². The van der Waals surface area contributed by atoms with Gasteiger partial charge in [-0.1, -0.05) is 17.7 Å². The number of methoxy groups -OCH3 is 1. The van der Waals surface area contributed by atoms with Crippen molar-refractivity contribution in [2.45, 2.75) is 18.2 Å². The number of benzene rings is 1. The molecule has 0 aliphatic carbocycles. The summed E-state index contributed by atoms with van der Waals surface area (Å²) in [5.41, 5.74) is 6.60. The van der Waals surface area contributed by atoms with Crippen molar-refractivity contribution in [1.82, 2.24) is 0 Å². The molecule has 0 saturated heterocycles. The SMILES string of the molecule is COc1cc(C(N)C(C)S(C)(=O)=O)ccc1Cl. The van der Waals surface area contributed by atoms with E-state index in [4.69, 9.17) is 22.1 Å². The Kier molecular flexibility index (Phi) is 4.41. The van der Waals surface area contributed by atoms with Crippen molar-refractivity contribution < 1.29 is 13.2 Å². The fourth-order valence-corrected chi connectivity index (χ4v) is 2.31. The van der Waals surface area contributed by atoms with E-state index in [2.05, 4.69) is 0 Å². The Morgan fingerprint density at radius 2 is 2.00 bits per heavy atom. The second kappa shape index (κ2) is 5.25. The first-order chi connectivity index (χ1) is 7.77. The highest BCUT2D eigenvalue weighted by Crippen LogP contribution is 2.29. The maximum atomic E-state index is 11.4. The Hall–Kier alpha value is -0.780. The van der Waals surface area contributed by atoms with E-state index in [9.17, 15) is 8.42 Å². The summed E-state index contributed by atoms with van der Waals surface area (Å²) in [6.07, 6.45) is 1.17. The van der Waals surface area contributed by atoms with Crippen molar-refractivity contribution in [2.75, 3.05) is 13.4 Å². The van der Waals surface area contributed by atoms with E-state index in [-0.39, 0.29) is 0 Å². The molecule has 0 heterocycles. The summed E-state index contributed by atoms with van der Waals surface area (Å²) in [7, 11) is -1.68. The molecule has 6 heteroatoms. The Bertz CT molecular complexity index is 501. The maximum Gasteiger partial charge on any atom is 0.151 e. The molecule has 96 valence electrons. The fourth-order valence-electron chi connectivity index (χ4n) is 1.42. The third-order valence-electron chi connectivity index (χ3n) is 2.74. The quantitative estimate of drug-likeness (QED) is 0.911. The fraction of sp³-hybridized carbons (Fsp3) is 0.455. The van der Waals surface area contributed by atoms with Gasteiger partial charge in [0.25, 0.3) is 0 Å². The molecular weight excluding hydrogens is 262 g/mol. The first kappa shape index (κ1) is 14.3. The van der Waals surface area contributed by atoms with Crippen molar-refractivity contribution in [1.29, 1.82) is 0 Å². The molecule has 2 N–H and O–H groups in total. The van der Waals surface area contributed by atoms with Crippen LogP contribution in [0.1, 0.15) is 18.5 Å². The van der Waals surface area contributed by atoms with E-state index in [0.717, 1.165) is 0 Å². The summed E-state index contributed by atoms with van der Waals surface area (Å²) in [6.45, 7) is 1.58. The Morgan fingerprint density at radius 1 is 1.41 bits per heavy atom. The molecule has 0 spiro atoms. The van der Waals surface area contributed by atoms with Gasteiger partial charge in [0, 0.05) is 12.3 Å². The molecule has 4 nitrogen and oxygen atoms in total. The van der Waals surface area contributed by atoms with Crippen LogP contribution in [0.15, 0.2) is 18.2 Å². The van der Waals surface area contributed by atoms with Crippen LogP contribution in [0, 0.1) is 0 Å². The molecule has 1 aromatic carbocycles. The van der Waals surface area contributed by atoms with Gasteiger partial charge in [-0.05, 0) is 24.6 Å². The summed E-state index contributed by atoms with van der Waals surface area (Å²) < 4.78 is 27.9. The number of sulfone groups is 1. The number of hydrogen-bond donors (Lipinski definition) is 1. The van der Waals surface area contributed by atoms with Crippen molar-refractivity contribution >= 4 is 21.4 Å². The molecule has 2 unspecified atom stereocenters. The molecule has 0 radical (unpaired) electrons. The summed E-state index contributed by atoms with van der Waals surface area (Å²) >= 11 is 5.89. The second-order valence-electron chi connectivity index (χ2n) is 3.95. The topological polar surface area (TPSA) is 69.4 Å².